The molecule has 0 radical (unpaired) electrons. The van der Waals surface area contributed by atoms with Crippen LogP contribution in [0.2, 0.25) is 0 Å². The molecule has 2 aliphatic heterocycles. The molecule has 0 saturated carbocycles. The minimum atomic E-state index is -0.581. The zero-order valence-corrected chi connectivity index (χ0v) is 14.6. The molecule has 3 amide bonds. The van der Waals surface area contributed by atoms with Crippen molar-refractivity contribution in [2.75, 3.05) is 44.6 Å². The lowest BCUT2D eigenvalue weighted by molar-refractivity contribution is -0.142. The molecule has 140 valence electrons. The maximum Gasteiger partial charge on any atom is 0.251 e. The van der Waals surface area contributed by atoms with E-state index in [1.54, 1.807) is 24.3 Å². The van der Waals surface area contributed by atoms with Gasteiger partial charge in [-0.1, -0.05) is 12.1 Å². The highest BCUT2D eigenvalue weighted by Crippen LogP contribution is 2.17. The van der Waals surface area contributed by atoms with E-state index in [0.717, 1.165) is 12.8 Å². The number of carbonyl (C=O) groups is 3. The number of anilines is 1. The van der Waals surface area contributed by atoms with Crippen molar-refractivity contribution < 1.29 is 19.1 Å². The molecule has 1 atom stereocenters. The summed E-state index contributed by atoms with van der Waals surface area (Å²) in [6.07, 6.45) is 1.43. The number of para-hydroxylation sites is 1. The molecule has 3 N–H and O–H groups in total. The molecule has 0 bridgehead atoms. The average molecular weight is 360 g/mol. The number of carbonyl (C=O) groups excluding carboxylic acids is 3. The van der Waals surface area contributed by atoms with Gasteiger partial charge in [0.2, 0.25) is 5.91 Å². The van der Waals surface area contributed by atoms with Gasteiger partial charge >= 0.3 is 0 Å². The Morgan fingerprint density at radius 2 is 1.88 bits per heavy atom. The molecule has 8 nitrogen and oxygen atoms in total. The number of ether oxygens (including phenoxy) is 1. The number of rotatable bonds is 5. The summed E-state index contributed by atoms with van der Waals surface area (Å²) in [7, 11) is 0. The van der Waals surface area contributed by atoms with Crippen LogP contribution in [0.3, 0.4) is 0 Å². The van der Waals surface area contributed by atoms with E-state index < -0.39 is 5.91 Å². The van der Waals surface area contributed by atoms with Gasteiger partial charge in [0.05, 0.1) is 17.8 Å². The monoisotopic (exact) mass is 360 g/mol. The Hall–Kier alpha value is -2.45. The third kappa shape index (κ3) is 4.39. The summed E-state index contributed by atoms with van der Waals surface area (Å²) in [4.78, 5) is 39.8. The highest BCUT2D eigenvalue weighted by molar-refractivity contribution is 6.03. The van der Waals surface area contributed by atoms with Crippen LogP contribution in [0.15, 0.2) is 24.3 Å². The van der Waals surface area contributed by atoms with Gasteiger partial charge in [0.1, 0.15) is 6.10 Å². The molecule has 1 aromatic carbocycles. The maximum atomic E-state index is 12.3. The molecule has 1 unspecified atom stereocenters. The van der Waals surface area contributed by atoms with E-state index in [0.29, 0.717) is 38.5 Å². The van der Waals surface area contributed by atoms with E-state index in [4.69, 9.17) is 10.5 Å². The van der Waals surface area contributed by atoms with Gasteiger partial charge in [0.25, 0.3) is 11.8 Å². The topological polar surface area (TPSA) is 105 Å². The normalized spacial score (nSPS) is 20.8. The third-order valence-electron chi connectivity index (χ3n) is 4.72. The molecule has 0 spiro atoms. The van der Waals surface area contributed by atoms with E-state index in [-0.39, 0.29) is 30.0 Å². The fraction of sp³-hybridized carbons (Fsp3) is 0.500. The molecule has 2 saturated heterocycles. The number of nitrogens with zero attached hydrogens (tertiary/aromatic N) is 2. The van der Waals surface area contributed by atoms with Crippen molar-refractivity contribution in [2.45, 2.75) is 18.9 Å². The number of nitrogens with two attached hydrogens (primary N) is 1. The summed E-state index contributed by atoms with van der Waals surface area (Å²) in [6.45, 7) is 3.29. The quantitative estimate of drug-likeness (QED) is 0.772. The van der Waals surface area contributed by atoms with E-state index >= 15 is 0 Å². The molecule has 3 rings (SSSR count). The van der Waals surface area contributed by atoms with Crippen LogP contribution in [-0.4, -0.2) is 73.0 Å². The average Bonchev–Trinajstić information content (AvgIpc) is 3.16. The van der Waals surface area contributed by atoms with Crippen molar-refractivity contribution in [3.8, 4) is 0 Å². The highest BCUT2D eigenvalue weighted by atomic mass is 16.5. The first-order valence-corrected chi connectivity index (χ1v) is 8.86. The largest absolute Gasteiger partial charge is 0.368 e. The number of primary amides is 1. The molecular formula is C18H24N4O4. The Bertz CT molecular complexity index is 680. The number of benzene rings is 1. The fourth-order valence-corrected chi connectivity index (χ4v) is 3.30. The van der Waals surface area contributed by atoms with Crippen LogP contribution in [0.4, 0.5) is 5.69 Å². The summed E-state index contributed by atoms with van der Waals surface area (Å²) in [5.41, 5.74) is 6.02. The van der Waals surface area contributed by atoms with Crippen LogP contribution in [0.25, 0.3) is 0 Å². The number of piperazine rings is 1. The van der Waals surface area contributed by atoms with Gasteiger partial charge in [-0.05, 0) is 25.0 Å². The Kier molecular flexibility index (Phi) is 5.85. The fourth-order valence-electron chi connectivity index (χ4n) is 3.30. The molecule has 8 heteroatoms. The number of nitrogens with one attached hydrogen (secondary N) is 1. The van der Waals surface area contributed by atoms with Crippen molar-refractivity contribution in [1.82, 2.24) is 9.80 Å². The summed E-state index contributed by atoms with van der Waals surface area (Å²) in [5, 5.41) is 2.74. The van der Waals surface area contributed by atoms with E-state index in [1.807, 2.05) is 9.80 Å². The third-order valence-corrected chi connectivity index (χ3v) is 4.72. The van der Waals surface area contributed by atoms with E-state index in [1.165, 1.54) is 0 Å². The Morgan fingerprint density at radius 3 is 2.54 bits per heavy atom. The van der Waals surface area contributed by atoms with Gasteiger partial charge in [-0.2, -0.15) is 0 Å². The van der Waals surface area contributed by atoms with Crippen molar-refractivity contribution in [3.05, 3.63) is 29.8 Å². The van der Waals surface area contributed by atoms with Gasteiger partial charge in [-0.3, -0.25) is 19.3 Å². The van der Waals surface area contributed by atoms with Crippen LogP contribution >= 0.6 is 0 Å². The molecule has 0 aromatic heterocycles. The van der Waals surface area contributed by atoms with Crippen molar-refractivity contribution >= 4 is 23.4 Å². The first kappa shape index (κ1) is 18.3. The zero-order valence-electron chi connectivity index (χ0n) is 14.6. The van der Waals surface area contributed by atoms with Gasteiger partial charge in [0.15, 0.2) is 0 Å². The highest BCUT2D eigenvalue weighted by Gasteiger charge is 2.30. The number of amides is 3. The first-order chi connectivity index (χ1) is 12.5. The molecule has 2 aliphatic rings. The zero-order chi connectivity index (χ0) is 18.5. The minimum absolute atomic E-state index is 0.0574. The summed E-state index contributed by atoms with van der Waals surface area (Å²) in [6, 6.07) is 6.65. The van der Waals surface area contributed by atoms with Crippen molar-refractivity contribution in [1.29, 1.82) is 0 Å². The molecule has 2 fully saturated rings. The van der Waals surface area contributed by atoms with Gasteiger partial charge < -0.3 is 20.7 Å². The van der Waals surface area contributed by atoms with Gasteiger partial charge in [-0.25, -0.2) is 0 Å². The second-order valence-electron chi connectivity index (χ2n) is 6.56. The lowest BCUT2D eigenvalue weighted by Gasteiger charge is -2.35. The predicted octanol–water partition coefficient (Wildman–Crippen LogP) is 0.0472. The van der Waals surface area contributed by atoms with Gasteiger partial charge in [0, 0.05) is 32.8 Å². The lowest BCUT2D eigenvalue weighted by Crippen LogP contribution is -2.52. The van der Waals surface area contributed by atoms with Crippen molar-refractivity contribution in [3.63, 3.8) is 0 Å². The molecule has 26 heavy (non-hydrogen) atoms. The molecular weight excluding hydrogens is 336 g/mol. The number of hydrogen-bond acceptors (Lipinski definition) is 5. The Labute approximate surface area is 152 Å². The molecule has 2 heterocycles. The van der Waals surface area contributed by atoms with Gasteiger partial charge in [-0.15, -0.1) is 0 Å². The Morgan fingerprint density at radius 1 is 1.15 bits per heavy atom. The maximum absolute atomic E-state index is 12.3. The van der Waals surface area contributed by atoms with Crippen LogP contribution in [0, 0.1) is 0 Å². The summed E-state index contributed by atoms with van der Waals surface area (Å²) < 4.78 is 5.45. The second kappa shape index (κ2) is 8.29. The second-order valence-corrected chi connectivity index (χ2v) is 6.56. The molecule has 1 aromatic rings. The summed E-state index contributed by atoms with van der Waals surface area (Å²) >= 11 is 0. The summed E-state index contributed by atoms with van der Waals surface area (Å²) in [5.74, 6) is -0.734. The predicted molar refractivity (Wildman–Crippen MR) is 95.6 cm³/mol. The number of hydrogen-bond donors (Lipinski definition) is 2. The lowest BCUT2D eigenvalue weighted by atomic mass is 10.1. The van der Waals surface area contributed by atoms with Crippen LogP contribution in [-0.2, 0) is 14.3 Å². The minimum Gasteiger partial charge on any atom is -0.368 e. The Balaban J connectivity index is 1.48. The first-order valence-electron chi connectivity index (χ1n) is 8.86. The SMILES string of the molecule is NC(=O)c1ccccc1NC(=O)CN1CCN(C(=O)C2CCCO2)CC1. The van der Waals surface area contributed by atoms with Crippen LogP contribution < -0.4 is 11.1 Å². The standard InChI is InChI=1S/C18H24N4O4/c19-17(24)13-4-1-2-5-14(13)20-16(23)12-21-7-9-22(10-8-21)18(25)15-6-3-11-26-15/h1-2,4-5,15H,3,6-12H2,(H2,19,24)(H,20,23). The van der Waals surface area contributed by atoms with Crippen molar-refractivity contribution in [2.24, 2.45) is 5.73 Å². The molecule has 0 aliphatic carbocycles. The van der Waals surface area contributed by atoms with E-state index in [9.17, 15) is 14.4 Å². The van der Waals surface area contributed by atoms with Crippen LogP contribution in [0.5, 0.6) is 0 Å². The van der Waals surface area contributed by atoms with Crippen LogP contribution in [0.1, 0.15) is 23.2 Å². The van der Waals surface area contributed by atoms with E-state index in [2.05, 4.69) is 5.32 Å². The smallest absolute Gasteiger partial charge is 0.251 e.